The van der Waals surface area contributed by atoms with E-state index in [0.29, 0.717) is 24.3 Å². The Bertz CT molecular complexity index is 399. The predicted molar refractivity (Wildman–Crippen MR) is 70.2 cm³/mol. The molecule has 0 saturated heterocycles. The molecule has 0 radical (unpaired) electrons. The van der Waals surface area contributed by atoms with Gasteiger partial charge in [-0.25, -0.2) is 0 Å². The lowest BCUT2D eigenvalue weighted by Gasteiger charge is -2.26. The highest BCUT2D eigenvalue weighted by Crippen LogP contribution is 2.36. The van der Waals surface area contributed by atoms with Gasteiger partial charge in [0, 0.05) is 6.61 Å². The quantitative estimate of drug-likeness (QED) is 0.815. The van der Waals surface area contributed by atoms with Crippen molar-refractivity contribution in [3.8, 4) is 11.5 Å². The van der Waals surface area contributed by atoms with Gasteiger partial charge in [-0.3, -0.25) is 0 Å². The smallest absolute Gasteiger partial charge is 0.161 e. The molecule has 0 bridgehead atoms. The summed E-state index contributed by atoms with van der Waals surface area (Å²) in [6, 6.07) is 3.65. The van der Waals surface area contributed by atoms with Crippen LogP contribution in [0.3, 0.4) is 0 Å². The molecule has 4 heteroatoms. The molecule has 1 unspecified atom stereocenters. The van der Waals surface area contributed by atoms with Crippen molar-refractivity contribution in [1.82, 2.24) is 0 Å². The molecule has 0 amide bonds. The third-order valence-corrected chi connectivity index (χ3v) is 3.13. The zero-order valence-electron chi connectivity index (χ0n) is 11.5. The summed E-state index contributed by atoms with van der Waals surface area (Å²) >= 11 is 0. The lowest BCUT2D eigenvalue weighted by molar-refractivity contribution is 0.0395. The van der Waals surface area contributed by atoms with Crippen molar-refractivity contribution in [1.29, 1.82) is 0 Å². The summed E-state index contributed by atoms with van der Waals surface area (Å²) in [5.41, 5.74) is 0.760. The molecule has 0 aromatic heterocycles. The Kier molecular flexibility index (Phi) is 4.99. The van der Waals surface area contributed by atoms with Crippen molar-refractivity contribution in [2.45, 2.75) is 32.3 Å². The minimum atomic E-state index is -0.980. The molecule has 1 rings (SSSR count). The van der Waals surface area contributed by atoms with Gasteiger partial charge in [-0.05, 0) is 49.9 Å². The number of benzene rings is 1. The molecule has 2 N–H and O–H groups in total. The number of hydrogen-bond donors (Lipinski definition) is 2. The molecule has 0 spiro atoms. The van der Waals surface area contributed by atoms with Crippen LogP contribution in [-0.2, 0) is 5.60 Å². The van der Waals surface area contributed by atoms with E-state index in [1.165, 1.54) is 0 Å². The second-order valence-corrected chi connectivity index (χ2v) is 4.62. The minimum absolute atomic E-state index is 0.0719. The van der Waals surface area contributed by atoms with Gasteiger partial charge in [0.05, 0.1) is 19.8 Å². The molecule has 0 saturated carbocycles. The van der Waals surface area contributed by atoms with Crippen LogP contribution in [0.25, 0.3) is 0 Å². The van der Waals surface area contributed by atoms with Crippen LogP contribution in [-0.4, -0.2) is 31.0 Å². The van der Waals surface area contributed by atoms with Crippen molar-refractivity contribution in [2.75, 3.05) is 20.8 Å². The van der Waals surface area contributed by atoms with Crippen LogP contribution in [0.5, 0.6) is 11.5 Å². The summed E-state index contributed by atoms with van der Waals surface area (Å²) in [4.78, 5) is 0. The first-order valence-electron chi connectivity index (χ1n) is 6.02. The molecule has 0 aliphatic carbocycles. The van der Waals surface area contributed by atoms with Gasteiger partial charge in [-0.15, -0.1) is 0 Å². The average molecular weight is 254 g/mol. The first-order chi connectivity index (χ1) is 8.46. The number of hydrogen-bond acceptors (Lipinski definition) is 4. The third-order valence-electron chi connectivity index (χ3n) is 3.13. The second-order valence-electron chi connectivity index (χ2n) is 4.62. The van der Waals surface area contributed by atoms with E-state index in [1.807, 2.05) is 13.0 Å². The first-order valence-corrected chi connectivity index (χ1v) is 6.02. The number of rotatable bonds is 6. The molecule has 4 nitrogen and oxygen atoms in total. The topological polar surface area (TPSA) is 58.9 Å². The average Bonchev–Trinajstić information content (AvgIpc) is 2.35. The largest absolute Gasteiger partial charge is 0.493 e. The number of aliphatic hydroxyl groups is 2. The van der Waals surface area contributed by atoms with Crippen molar-refractivity contribution in [2.24, 2.45) is 0 Å². The molecule has 0 aliphatic heterocycles. The van der Waals surface area contributed by atoms with Crippen molar-refractivity contribution in [3.05, 3.63) is 23.3 Å². The van der Waals surface area contributed by atoms with Crippen LogP contribution in [0.1, 0.15) is 30.9 Å². The lowest BCUT2D eigenvalue weighted by atomic mass is 9.87. The van der Waals surface area contributed by atoms with Crippen LogP contribution in [0.15, 0.2) is 12.1 Å². The molecule has 0 fully saturated rings. The molecule has 0 heterocycles. The van der Waals surface area contributed by atoms with Crippen molar-refractivity contribution in [3.63, 3.8) is 0 Å². The highest BCUT2D eigenvalue weighted by Gasteiger charge is 2.26. The van der Waals surface area contributed by atoms with Gasteiger partial charge in [-0.1, -0.05) is 0 Å². The molecule has 1 atom stereocenters. The highest BCUT2D eigenvalue weighted by atomic mass is 16.5. The van der Waals surface area contributed by atoms with Gasteiger partial charge in [0.25, 0.3) is 0 Å². The Hall–Kier alpha value is -1.26. The fourth-order valence-corrected chi connectivity index (χ4v) is 2.12. The monoisotopic (exact) mass is 254 g/mol. The van der Waals surface area contributed by atoms with Crippen molar-refractivity contribution >= 4 is 0 Å². The molecule has 102 valence electrons. The van der Waals surface area contributed by atoms with Crippen LogP contribution < -0.4 is 9.47 Å². The van der Waals surface area contributed by atoms with E-state index in [4.69, 9.17) is 14.6 Å². The number of methoxy groups -OCH3 is 2. The normalized spacial score (nSPS) is 14.1. The standard InChI is InChI=1S/C14H22O4/c1-10-8-12(17-3)13(18-4)9-11(10)14(2,16)6-5-7-15/h8-9,15-16H,5-7H2,1-4H3. The Morgan fingerprint density at radius 3 is 2.22 bits per heavy atom. The maximum absolute atomic E-state index is 10.5. The van der Waals surface area contributed by atoms with Crippen LogP contribution in [0.2, 0.25) is 0 Å². The Balaban J connectivity index is 3.15. The first kappa shape index (κ1) is 14.8. The van der Waals surface area contributed by atoms with E-state index in [9.17, 15) is 5.11 Å². The summed E-state index contributed by atoms with van der Waals surface area (Å²) in [6.07, 6.45) is 1.06. The summed E-state index contributed by atoms with van der Waals surface area (Å²) in [5, 5.41) is 19.3. The number of aliphatic hydroxyl groups excluding tert-OH is 1. The minimum Gasteiger partial charge on any atom is -0.493 e. The zero-order valence-corrected chi connectivity index (χ0v) is 11.5. The Morgan fingerprint density at radius 1 is 1.17 bits per heavy atom. The Labute approximate surface area is 108 Å². The predicted octanol–water partition coefficient (Wildman–Crippen LogP) is 1.99. The SMILES string of the molecule is COc1cc(C)c(C(C)(O)CCCO)cc1OC. The maximum atomic E-state index is 10.5. The highest BCUT2D eigenvalue weighted by molar-refractivity contribution is 5.48. The molecule has 1 aromatic carbocycles. The molecule has 18 heavy (non-hydrogen) atoms. The van der Waals surface area contributed by atoms with E-state index in [2.05, 4.69) is 0 Å². The lowest BCUT2D eigenvalue weighted by Crippen LogP contribution is -2.23. The van der Waals surface area contributed by atoms with E-state index >= 15 is 0 Å². The fourth-order valence-electron chi connectivity index (χ4n) is 2.12. The van der Waals surface area contributed by atoms with Crippen LogP contribution >= 0.6 is 0 Å². The van der Waals surface area contributed by atoms with Crippen molar-refractivity contribution < 1.29 is 19.7 Å². The van der Waals surface area contributed by atoms with E-state index in [-0.39, 0.29) is 6.61 Å². The Morgan fingerprint density at radius 2 is 1.72 bits per heavy atom. The second kappa shape index (κ2) is 6.07. The summed E-state index contributed by atoms with van der Waals surface area (Å²) in [6.45, 7) is 3.74. The van der Waals surface area contributed by atoms with E-state index < -0.39 is 5.60 Å². The van der Waals surface area contributed by atoms with Crippen LogP contribution in [0, 0.1) is 6.92 Å². The van der Waals surface area contributed by atoms with Gasteiger partial charge < -0.3 is 19.7 Å². The third kappa shape index (κ3) is 3.15. The van der Waals surface area contributed by atoms with E-state index in [0.717, 1.165) is 11.1 Å². The summed E-state index contributed by atoms with van der Waals surface area (Å²) in [5.74, 6) is 1.25. The van der Waals surface area contributed by atoms with Gasteiger partial charge in [0.15, 0.2) is 11.5 Å². The fraction of sp³-hybridized carbons (Fsp3) is 0.571. The van der Waals surface area contributed by atoms with Gasteiger partial charge in [0.2, 0.25) is 0 Å². The summed E-state index contributed by atoms with van der Waals surface area (Å²) in [7, 11) is 3.15. The zero-order chi connectivity index (χ0) is 13.8. The van der Waals surface area contributed by atoms with Gasteiger partial charge >= 0.3 is 0 Å². The molecule has 0 aliphatic rings. The molecular formula is C14H22O4. The van der Waals surface area contributed by atoms with Gasteiger partial charge in [-0.2, -0.15) is 0 Å². The molecule has 1 aromatic rings. The van der Waals surface area contributed by atoms with Gasteiger partial charge in [0.1, 0.15) is 0 Å². The summed E-state index contributed by atoms with van der Waals surface area (Å²) < 4.78 is 10.5. The van der Waals surface area contributed by atoms with E-state index in [1.54, 1.807) is 27.2 Å². The number of ether oxygens (including phenoxy) is 2. The molecular weight excluding hydrogens is 232 g/mol. The maximum Gasteiger partial charge on any atom is 0.161 e. The number of aryl methyl sites for hydroxylation is 1. The van der Waals surface area contributed by atoms with Crippen LogP contribution in [0.4, 0.5) is 0 Å².